The third-order valence-corrected chi connectivity index (χ3v) is 2.81. The van der Waals surface area contributed by atoms with Crippen molar-refractivity contribution in [1.29, 1.82) is 0 Å². The Labute approximate surface area is 108 Å². The highest BCUT2D eigenvalue weighted by Gasteiger charge is 2.10. The van der Waals surface area contributed by atoms with Crippen molar-refractivity contribution in [3.05, 3.63) is 48.6 Å². The number of fused-ring (bicyclic) bond motifs is 1. The van der Waals surface area contributed by atoms with E-state index in [4.69, 9.17) is 9.52 Å². The van der Waals surface area contributed by atoms with E-state index in [1.54, 1.807) is 24.7 Å². The zero-order chi connectivity index (χ0) is 13.2. The fourth-order valence-electron chi connectivity index (χ4n) is 1.99. The number of aromatic nitrogens is 2. The number of hydrogen-bond donors (Lipinski definition) is 1. The number of pyridine rings is 2. The van der Waals surface area contributed by atoms with Crippen LogP contribution in [0.3, 0.4) is 0 Å². The molecule has 0 unspecified atom stereocenters. The molecule has 0 amide bonds. The Hall–Kier alpha value is -2.69. The van der Waals surface area contributed by atoms with Crippen molar-refractivity contribution in [3.8, 4) is 11.1 Å². The van der Waals surface area contributed by atoms with E-state index < -0.39 is 5.97 Å². The fourth-order valence-corrected chi connectivity index (χ4v) is 1.99. The molecule has 0 saturated heterocycles. The Morgan fingerprint density at radius 3 is 3.00 bits per heavy atom. The Balaban J connectivity index is 2.09. The second-order valence-electron chi connectivity index (χ2n) is 4.11. The molecule has 0 fully saturated rings. The molecule has 3 rings (SSSR count). The van der Waals surface area contributed by atoms with Crippen molar-refractivity contribution in [1.82, 2.24) is 9.97 Å². The van der Waals surface area contributed by atoms with Crippen molar-refractivity contribution in [3.63, 3.8) is 0 Å². The van der Waals surface area contributed by atoms with Gasteiger partial charge in [0.15, 0.2) is 0 Å². The van der Waals surface area contributed by atoms with Gasteiger partial charge in [-0.15, -0.1) is 0 Å². The minimum absolute atomic E-state index is 0.0954. The summed E-state index contributed by atoms with van der Waals surface area (Å²) in [6.45, 7) is 0. The van der Waals surface area contributed by atoms with Crippen LogP contribution in [0.2, 0.25) is 0 Å². The highest BCUT2D eigenvalue weighted by atomic mass is 16.4. The zero-order valence-electron chi connectivity index (χ0n) is 9.91. The molecule has 0 aliphatic rings. The Morgan fingerprint density at radius 2 is 2.16 bits per heavy atom. The maximum absolute atomic E-state index is 10.7. The number of carboxylic acid groups (broad SMARTS) is 1. The lowest BCUT2D eigenvalue weighted by molar-refractivity contribution is -0.136. The monoisotopic (exact) mass is 254 g/mol. The number of aliphatic carboxylic acids is 1. The first kappa shape index (κ1) is 11.4. The molecule has 5 nitrogen and oxygen atoms in total. The summed E-state index contributed by atoms with van der Waals surface area (Å²) in [4.78, 5) is 18.9. The Morgan fingerprint density at radius 1 is 1.26 bits per heavy atom. The second-order valence-corrected chi connectivity index (χ2v) is 4.11. The number of nitrogens with zero attached hydrogens (tertiary/aromatic N) is 2. The van der Waals surface area contributed by atoms with E-state index in [0.717, 1.165) is 16.5 Å². The van der Waals surface area contributed by atoms with Crippen LogP contribution in [0.5, 0.6) is 0 Å². The predicted octanol–water partition coefficient (Wildman–Crippen LogP) is 2.52. The minimum atomic E-state index is -0.900. The summed E-state index contributed by atoms with van der Waals surface area (Å²) < 4.78 is 5.38. The van der Waals surface area contributed by atoms with Gasteiger partial charge in [-0.2, -0.15) is 0 Å². The first-order valence-corrected chi connectivity index (χ1v) is 5.73. The highest BCUT2D eigenvalue weighted by molar-refractivity contribution is 5.91. The Bertz CT molecular complexity index is 749. The van der Waals surface area contributed by atoms with Crippen LogP contribution in [-0.4, -0.2) is 21.0 Å². The summed E-state index contributed by atoms with van der Waals surface area (Å²) in [7, 11) is 0. The summed E-state index contributed by atoms with van der Waals surface area (Å²) in [5.74, 6) is -0.900. The molecule has 19 heavy (non-hydrogen) atoms. The second kappa shape index (κ2) is 4.53. The van der Waals surface area contributed by atoms with Gasteiger partial charge < -0.3 is 9.52 Å². The molecule has 5 heteroatoms. The van der Waals surface area contributed by atoms with Crippen LogP contribution >= 0.6 is 0 Å². The van der Waals surface area contributed by atoms with Crippen molar-refractivity contribution in [2.45, 2.75) is 6.42 Å². The number of carboxylic acids is 1. The normalized spacial score (nSPS) is 10.7. The van der Waals surface area contributed by atoms with Gasteiger partial charge in [0.05, 0.1) is 12.1 Å². The first-order valence-electron chi connectivity index (χ1n) is 5.73. The first-order chi connectivity index (χ1) is 9.24. The molecule has 0 atom stereocenters. The number of rotatable bonds is 3. The van der Waals surface area contributed by atoms with Crippen LogP contribution < -0.4 is 0 Å². The maximum Gasteiger partial charge on any atom is 0.309 e. The predicted molar refractivity (Wildman–Crippen MR) is 68.6 cm³/mol. The van der Waals surface area contributed by atoms with Crippen molar-refractivity contribution in [2.75, 3.05) is 0 Å². The molecule has 0 aliphatic carbocycles. The summed E-state index contributed by atoms with van der Waals surface area (Å²) >= 11 is 0. The van der Waals surface area contributed by atoms with Crippen molar-refractivity contribution in [2.24, 2.45) is 0 Å². The molecule has 0 aliphatic heterocycles. The van der Waals surface area contributed by atoms with E-state index in [-0.39, 0.29) is 6.42 Å². The van der Waals surface area contributed by atoms with E-state index in [9.17, 15) is 4.79 Å². The van der Waals surface area contributed by atoms with E-state index in [2.05, 4.69) is 9.97 Å². The van der Waals surface area contributed by atoms with E-state index in [0.29, 0.717) is 11.4 Å². The van der Waals surface area contributed by atoms with Crippen LogP contribution in [0.15, 0.2) is 47.3 Å². The molecule has 0 spiro atoms. The molecular formula is C14H10N2O3. The van der Waals surface area contributed by atoms with Gasteiger partial charge in [0.2, 0.25) is 5.71 Å². The van der Waals surface area contributed by atoms with Gasteiger partial charge in [-0.25, -0.2) is 4.98 Å². The van der Waals surface area contributed by atoms with Gasteiger partial charge in [0, 0.05) is 23.3 Å². The molecule has 94 valence electrons. The van der Waals surface area contributed by atoms with Crippen LogP contribution in [0.1, 0.15) is 5.69 Å². The number of furan rings is 1. The standard InChI is InChI=1S/C14H10N2O3/c17-13(18)7-10-6-9(3-5-15-10)12-8-19-14-11(12)2-1-4-16-14/h1-6,8H,7H2,(H,17,18). The summed E-state index contributed by atoms with van der Waals surface area (Å²) in [6.07, 6.45) is 4.79. The van der Waals surface area contributed by atoms with Gasteiger partial charge >= 0.3 is 5.97 Å². The molecular weight excluding hydrogens is 244 g/mol. The average Bonchev–Trinajstić information content (AvgIpc) is 2.82. The largest absolute Gasteiger partial charge is 0.481 e. The quantitative estimate of drug-likeness (QED) is 0.777. The summed E-state index contributed by atoms with van der Waals surface area (Å²) in [5, 5.41) is 9.69. The third-order valence-electron chi connectivity index (χ3n) is 2.81. The smallest absolute Gasteiger partial charge is 0.309 e. The molecule has 0 radical (unpaired) electrons. The van der Waals surface area contributed by atoms with Crippen molar-refractivity contribution < 1.29 is 14.3 Å². The van der Waals surface area contributed by atoms with E-state index >= 15 is 0 Å². The van der Waals surface area contributed by atoms with Crippen LogP contribution in [0, 0.1) is 0 Å². The van der Waals surface area contributed by atoms with E-state index in [1.807, 2.05) is 18.2 Å². The lowest BCUT2D eigenvalue weighted by atomic mass is 10.1. The molecule has 0 saturated carbocycles. The highest BCUT2D eigenvalue weighted by Crippen LogP contribution is 2.29. The molecule has 3 aromatic rings. The zero-order valence-corrected chi connectivity index (χ0v) is 9.91. The summed E-state index contributed by atoms with van der Waals surface area (Å²) in [6, 6.07) is 7.33. The fraction of sp³-hybridized carbons (Fsp3) is 0.0714. The SMILES string of the molecule is O=C(O)Cc1cc(-c2coc3ncccc23)ccn1. The van der Waals surface area contributed by atoms with Crippen LogP contribution in [0.25, 0.3) is 22.2 Å². The minimum Gasteiger partial charge on any atom is -0.481 e. The van der Waals surface area contributed by atoms with Gasteiger partial charge in [0.1, 0.15) is 6.26 Å². The molecule has 0 aromatic carbocycles. The van der Waals surface area contributed by atoms with Gasteiger partial charge in [-0.05, 0) is 29.8 Å². The number of carbonyl (C=O) groups is 1. The number of hydrogen-bond acceptors (Lipinski definition) is 4. The maximum atomic E-state index is 10.7. The molecule has 1 N–H and O–H groups in total. The third kappa shape index (κ3) is 2.18. The van der Waals surface area contributed by atoms with Crippen molar-refractivity contribution >= 4 is 17.1 Å². The van der Waals surface area contributed by atoms with Crippen LogP contribution in [0.4, 0.5) is 0 Å². The van der Waals surface area contributed by atoms with Crippen LogP contribution in [-0.2, 0) is 11.2 Å². The Kier molecular flexibility index (Phi) is 2.72. The summed E-state index contributed by atoms with van der Waals surface area (Å²) in [5.41, 5.74) is 2.84. The van der Waals surface area contributed by atoms with Gasteiger partial charge in [-0.1, -0.05) is 0 Å². The van der Waals surface area contributed by atoms with E-state index in [1.165, 1.54) is 0 Å². The molecule has 3 heterocycles. The lowest BCUT2D eigenvalue weighted by Crippen LogP contribution is -2.01. The average molecular weight is 254 g/mol. The van der Waals surface area contributed by atoms with Gasteiger partial charge in [-0.3, -0.25) is 9.78 Å². The lowest BCUT2D eigenvalue weighted by Gasteiger charge is -2.01. The van der Waals surface area contributed by atoms with Gasteiger partial charge in [0.25, 0.3) is 0 Å². The molecule has 3 aromatic heterocycles. The topological polar surface area (TPSA) is 76.2 Å². The molecule has 0 bridgehead atoms.